The van der Waals surface area contributed by atoms with Crippen LogP contribution in [-0.2, 0) is 0 Å². The number of hydrogen-bond donors (Lipinski definition) is 0. The fourth-order valence-corrected chi connectivity index (χ4v) is 3.41. The number of hydrogen-bond acceptors (Lipinski definition) is 3. The maximum absolute atomic E-state index is 2.40. The van der Waals surface area contributed by atoms with Crippen LogP contribution in [0.3, 0.4) is 0 Å². The maximum Gasteiger partial charge on any atom is -0.00192 e. The summed E-state index contributed by atoms with van der Waals surface area (Å²) in [6, 6.07) is 0. The molecule has 0 bridgehead atoms. The Hall–Kier alpha value is -0.120. The van der Waals surface area contributed by atoms with Crippen LogP contribution in [0.5, 0.6) is 0 Å². The smallest absolute Gasteiger partial charge is 0.00192 e. The molecule has 3 aliphatic rings. The Morgan fingerprint density at radius 3 is 0.643 bits per heavy atom. The van der Waals surface area contributed by atoms with Gasteiger partial charge in [0.05, 0.1) is 0 Å². The van der Waals surface area contributed by atoms with Crippen LogP contribution in [-0.4, -0.2) is 75.1 Å². The van der Waals surface area contributed by atoms with Gasteiger partial charge in [0, 0.05) is 0 Å². The molecule has 3 fully saturated rings. The van der Waals surface area contributed by atoms with E-state index in [0.29, 0.717) is 0 Å². The van der Waals surface area contributed by atoms with Gasteiger partial charge in [-0.15, -0.1) is 0 Å². The molecular formula is C25H57N3. The van der Waals surface area contributed by atoms with E-state index in [1.54, 1.807) is 0 Å². The van der Waals surface area contributed by atoms with Gasteiger partial charge < -0.3 is 14.7 Å². The molecule has 0 aromatic heterocycles. The molecule has 0 N–H and O–H groups in total. The predicted molar refractivity (Wildman–Crippen MR) is 130 cm³/mol. The quantitative estimate of drug-likeness (QED) is 0.487. The summed E-state index contributed by atoms with van der Waals surface area (Å²) in [5.74, 6) is 2.93. The highest BCUT2D eigenvalue weighted by Gasteiger charge is 2.12. The van der Waals surface area contributed by atoms with Crippen LogP contribution in [0, 0.1) is 17.8 Å². The molecule has 0 saturated carbocycles. The van der Waals surface area contributed by atoms with Crippen molar-refractivity contribution in [2.24, 2.45) is 17.8 Å². The molecule has 3 rings (SSSR count). The lowest BCUT2D eigenvalue weighted by Crippen LogP contribution is -2.28. The van der Waals surface area contributed by atoms with Gasteiger partial charge in [-0.3, -0.25) is 0 Å². The van der Waals surface area contributed by atoms with E-state index in [1.807, 2.05) is 27.7 Å². The Bertz CT molecular complexity index is 207. The minimum atomic E-state index is 0.978. The van der Waals surface area contributed by atoms with E-state index >= 15 is 0 Å². The maximum atomic E-state index is 2.40. The van der Waals surface area contributed by atoms with E-state index in [9.17, 15) is 0 Å². The molecule has 0 aromatic rings. The predicted octanol–water partition coefficient (Wildman–Crippen LogP) is 6.10. The zero-order valence-corrected chi connectivity index (χ0v) is 21.6. The molecule has 3 nitrogen and oxygen atoms in total. The lowest BCUT2D eigenvalue weighted by Gasteiger charge is -2.26. The van der Waals surface area contributed by atoms with Crippen molar-refractivity contribution in [3.05, 3.63) is 0 Å². The average Bonchev–Trinajstić information content (AvgIpc) is 2.73. The van der Waals surface area contributed by atoms with Crippen LogP contribution in [0.1, 0.15) is 87.0 Å². The first-order valence-electron chi connectivity index (χ1n) is 12.4. The summed E-state index contributed by atoms with van der Waals surface area (Å²) < 4.78 is 0. The first kappa shape index (κ1) is 30.1. The monoisotopic (exact) mass is 399 g/mol. The highest BCUT2D eigenvalue weighted by molar-refractivity contribution is 4.66. The van der Waals surface area contributed by atoms with Crippen molar-refractivity contribution in [1.29, 1.82) is 0 Å². The Morgan fingerprint density at radius 2 is 0.536 bits per heavy atom. The zero-order chi connectivity index (χ0) is 21.9. The van der Waals surface area contributed by atoms with Crippen LogP contribution in [0.2, 0.25) is 0 Å². The highest BCUT2D eigenvalue weighted by Crippen LogP contribution is 2.14. The summed E-state index contributed by atoms with van der Waals surface area (Å²) in [5, 5.41) is 0. The van der Waals surface area contributed by atoms with Crippen LogP contribution >= 0.6 is 0 Å². The number of nitrogens with zero attached hydrogens (tertiary/aromatic N) is 3. The van der Waals surface area contributed by atoms with Crippen molar-refractivity contribution in [3.63, 3.8) is 0 Å². The Kier molecular flexibility index (Phi) is 21.7. The molecular weight excluding hydrogens is 342 g/mol. The molecule has 3 aliphatic heterocycles. The van der Waals surface area contributed by atoms with Gasteiger partial charge in [-0.2, -0.15) is 0 Å². The SMILES string of the molecule is CC.CC.CC1CCN(C)CC1.CC1CCN(C)CC1.CC1CCN(C)CC1. The fourth-order valence-electron chi connectivity index (χ4n) is 3.41. The van der Waals surface area contributed by atoms with Crippen molar-refractivity contribution >= 4 is 0 Å². The summed E-state index contributed by atoms with van der Waals surface area (Å²) in [6.07, 6.45) is 8.40. The minimum absolute atomic E-state index is 0.978. The van der Waals surface area contributed by atoms with Gasteiger partial charge >= 0.3 is 0 Å². The Morgan fingerprint density at radius 1 is 0.393 bits per heavy atom. The Labute approximate surface area is 180 Å². The van der Waals surface area contributed by atoms with E-state index in [1.165, 1.54) is 77.8 Å². The van der Waals surface area contributed by atoms with E-state index < -0.39 is 0 Å². The van der Waals surface area contributed by atoms with Crippen molar-refractivity contribution in [3.8, 4) is 0 Å². The summed E-state index contributed by atoms with van der Waals surface area (Å²) in [4.78, 5) is 7.21. The molecule has 3 saturated heterocycles. The lowest BCUT2D eigenvalue weighted by molar-refractivity contribution is 0.230. The van der Waals surface area contributed by atoms with E-state index in [-0.39, 0.29) is 0 Å². The van der Waals surface area contributed by atoms with Crippen molar-refractivity contribution in [1.82, 2.24) is 14.7 Å². The Balaban J connectivity index is 0. The second-order valence-electron chi connectivity index (χ2n) is 8.96. The second kappa shape index (κ2) is 20.2. The van der Waals surface area contributed by atoms with Gasteiger partial charge in [0.25, 0.3) is 0 Å². The van der Waals surface area contributed by atoms with Crippen molar-refractivity contribution in [2.45, 2.75) is 87.0 Å². The molecule has 3 heterocycles. The average molecular weight is 400 g/mol. The van der Waals surface area contributed by atoms with E-state index in [4.69, 9.17) is 0 Å². The van der Waals surface area contributed by atoms with Crippen LogP contribution in [0.4, 0.5) is 0 Å². The summed E-state index contributed by atoms with van der Waals surface area (Å²) in [6.45, 7) is 22.9. The highest BCUT2D eigenvalue weighted by atomic mass is 15.1. The van der Waals surface area contributed by atoms with Gasteiger partial charge in [0.1, 0.15) is 0 Å². The number of piperidine rings is 3. The molecule has 28 heavy (non-hydrogen) atoms. The van der Waals surface area contributed by atoms with Gasteiger partial charge in [-0.25, -0.2) is 0 Å². The van der Waals surface area contributed by atoms with Crippen molar-refractivity contribution < 1.29 is 0 Å². The van der Waals surface area contributed by atoms with E-state index in [0.717, 1.165) is 17.8 Å². The molecule has 3 heteroatoms. The minimum Gasteiger partial charge on any atom is -0.306 e. The molecule has 0 spiro atoms. The number of likely N-dealkylation sites (tertiary alicyclic amines) is 3. The molecule has 172 valence electrons. The third-order valence-corrected chi connectivity index (χ3v) is 6.02. The molecule has 0 amide bonds. The van der Waals surface area contributed by atoms with Crippen LogP contribution in [0.15, 0.2) is 0 Å². The molecule has 0 unspecified atom stereocenters. The van der Waals surface area contributed by atoms with Crippen molar-refractivity contribution in [2.75, 3.05) is 60.4 Å². The molecule has 0 aliphatic carbocycles. The third-order valence-electron chi connectivity index (χ3n) is 6.02. The first-order valence-corrected chi connectivity index (χ1v) is 12.4. The summed E-state index contributed by atoms with van der Waals surface area (Å²) in [7, 11) is 6.60. The molecule has 0 radical (unpaired) electrons. The molecule has 0 aromatic carbocycles. The largest absolute Gasteiger partial charge is 0.306 e. The summed E-state index contributed by atoms with van der Waals surface area (Å²) in [5.41, 5.74) is 0. The van der Waals surface area contributed by atoms with Gasteiger partial charge in [0.2, 0.25) is 0 Å². The number of rotatable bonds is 0. The summed E-state index contributed by atoms with van der Waals surface area (Å²) >= 11 is 0. The van der Waals surface area contributed by atoms with Crippen LogP contribution < -0.4 is 0 Å². The topological polar surface area (TPSA) is 9.72 Å². The third kappa shape index (κ3) is 17.9. The normalized spacial score (nSPS) is 22.9. The second-order valence-corrected chi connectivity index (χ2v) is 8.96. The molecule has 0 atom stereocenters. The lowest BCUT2D eigenvalue weighted by atomic mass is 10.00. The van der Waals surface area contributed by atoms with Gasteiger partial charge in [-0.05, 0) is 117 Å². The van der Waals surface area contributed by atoms with Gasteiger partial charge in [-0.1, -0.05) is 48.5 Å². The van der Waals surface area contributed by atoms with Gasteiger partial charge in [0.15, 0.2) is 0 Å². The van der Waals surface area contributed by atoms with E-state index in [2.05, 4.69) is 56.6 Å². The standard InChI is InChI=1S/3C7H15N.2C2H6/c3*1-7-3-5-8(2)6-4-7;2*1-2/h3*7H,3-6H2,1-2H3;2*1-2H3. The first-order chi connectivity index (χ1) is 13.4. The fraction of sp³-hybridized carbons (Fsp3) is 1.00. The zero-order valence-electron chi connectivity index (χ0n) is 21.6. The van der Waals surface area contributed by atoms with Crippen LogP contribution in [0.25, 0.3) is 0 Å².